The standard InChI is InChI=1S/C10H20N4O2/c1-14-4-2-3-7(14)6-13-10(16)8(11)5-9(12)15/h7-8H,2-6,11H2,1H3,(H2,12,15)(H,13,16). The van der Waals surface area contributed by atoms with Crippen LogP contribution in [0.3, 0.4) is 0 Å². The second-order valence-electron chi connectivity index (χ2n) is 4.30. The molecular weight excluding hydrogens is 208 g/mol. The molecule has 0 bridgehead atoms. The van der Waals surface area contributed by atoms with Gasteiger partial charge in [-0.2, -0.15) is 0 Å². The van der Waals surface area contributed by atoms with E-state index in [9.17, 15) is 9.59 Å². The minimum Gasteiger partial charge on any atom is -0.370 e. The Bertz CT molecular complexity index is 270. The van der Waals surface area contributed by atoms with Crippen LogP contribution < -0.4 is 16.8 Å². The number of nitrogens with one attached hydrogen (secondary N) is 1. The number of amides is 2. The fourth-order valence-electron chi connectivity index (χ4n) is 1.90. The van der Waals surface area contributed by atoms with Gasteiger partial charge in [0.25, 0.3) is 0 Å². The first kappa shape index (κ1) is 12.9. The van der Waals surface area contributed by atoms with Gasteiger partial charge in [-0.1, -0.05) is 0 Å². The van der Waals surface area contributed by atoms with Crippen molar-refractivity contribution in [2.24, 2.45) is 11.5 Å². The average molecular weight is 228 g/mol. The van der Waals surface area contributed by atoms with Crippen LogP contribution >= 0.6 is 0 Å². The Hall–Kier alpha value is -1.14. The number of carbonyl (C=O) groups excluding carboxylic acids is 2. The third-order valence-corrected chi connectivity index (χ3v) is 2.94. The Morgan fingerprint density at radius 3 is 2.75 bits per heavy atom. The van der Waals surface area contributed by atoms with Crippen LogP contribution in [-0.4, -0.2) is 48.9 Å². The van der Waals surface area contributed by atoms with Crippen LogP contribution in [0.25, 0.3) is 0 Å². The molecule has 0 saturated carbocycles. The Morgan fingerprint density at radius 2 is 2.25 bits per heavy atom. The van der Waals surface area contributed by atoms with Gasteiger partial charge in [0, 0.05) is 12.6 Å². The number of likely N-dealkylation sites (N-methyl/N-ethyl adjacent to an activating group) is 1. The Balaban J connectivity index is 2.26. The van der Waals surface area contributed by atoms with Gasteiger partial charge in [0.2, 0.25) is 11.8 Å². The van der Waals surface area contributed by atoms with E-state index in [-0.39, 0.29) is 12.3 Å². The van der Waals surface area contributed by atoms with Crippen molar-refractivity contribution in [3.63, 3.8) is 0 Å². The van der Waals surface area contributed by atoms with E-state index in [4.69, 9.17) is 11.5 Å². The molecule has 1 aliphatic heterocycles. The van der Waals surface area contributed by atoms with E-state index in [0.29, 0.717) is 12.6 Å². The summed E-state index contributed by atoms with van der Waals surface area (Å²) >= 11 is 0. The van der Waals surface area contributed by atoms with Crippen molar-refractivity contribution in [2.45, 2.75) is 31.3 Å². The molecule has 6 heteroatoms. The summed E-state index contributed by atoms with van der Waals surface area (Å²) in [4.78, 5) is 24.3. The molecule has 1 aliphatic rings. The summed E-state index contributed by atoms with van der Waals surface area (Å²) < 4.78 is 0. The van der Waals surface area contributed by atoms with E-state index in [1.54, 1.807) is 0 Å². The summed E-state index contributed by atoms with van der Waals surface area (Å²) in [5, 5.41) is 2.75. The summed E-state index contributed by atoms with van der Waals surface area (Å²) in [6.45, 7) is 1.65. The number of rotatable bonds is 5. The molecular formula is C10H20N4O2. The van der Waals surface area contributed by atoms with Gasteiger partial charge in [0.15, 0.2) is 0 Å². The number of primary amides is 1. The molecule has 1 rings (SSSR count). The van der Waals surface area contributed by atoms with Gasteiger partial charge >= 0.3 is 0 Å². The molecule has 0 spiro atoms. The minimum absolute atomic E-state index is 0.105. The Morgan fingerprint density at radius 1 is 1.56 bits per heavy atom. The van der Waals surface area contributed by atoms with Crippen molar-refractivity contribution in [1.29, 1.82) is 0 Å². The zero-order valence-corrected chi connectivity index (χ0v) is 9.61. The maximum atomic E-state index is 11.5. The molecule has 1 fully saturated rings. The third kappa shape index (κ3) is 3.79. The smallest absolute Gasteiger partial charge is 0.237 e. The lowest BCUT2D eigenvalue weighted by Crippen LogP contribution is -2.46. The number of carbonyl (C=O) groups is 2. The average Bonchev–Trinajstić information content (AvgIpc) is 2.59. The molecule has 0 aliphatic carbocycles. The zero-order valence-electron chi connectivity index (χ0n) is 9.61. The highest BCUT2D eigenvalue weighted by molar-refractivity contribution is 5.87. The maximum Gasteiger partial charge on any atom is 0.237 e. The number of hydrogen-bond donors (Lipinski definition) is 3. The van der Waals surface area contributed by atoms with Crippen LogP contribution in [0.2, 0.25) is 0 Å². The molecule has 1 heterocycles. The first-order chi connectivity index (χ1) is 7.50. The summed E-state index contributed by atoms with van der Waals surface area (Å²) in [5.74, 6) is -0.861. The van der Waals surface area contributed by atoms with Crippen LogP contribution in [0.4, 0.5) is 0 Å². The second kappa shape index (κ2) is 5.81. The highest BCUT2D eigenvalue weighted by Crippen LogP contribution is 2.13. The Kier molecular flexibility index (Phi) is 4.70. The summed E-state index contributed by atoms with van der Waals surface area (Å²) in [6, 6.07) is -0.450. The van der Waals surface area contributed by atoms with Crippen LogP contribution in [-0.2, 0) is 9.59 Å². The molecule has 1 saturated heterocycles. The fraction of sp³-hybridized carbons (Fsp3) is 0.800. The molecule has 2 unspecified atom stereocenters. The summed E-state index contributed by atoms with van der Waals surface area (Å²) in [5.41, 5.74) is 10.5. The van der Waals surface area contributed by atoms with E-state index in [1.165, 1.54) is 0 Å². The summed E-state index contributed by atoms with van der Waals surface area (Å²) in [6.07, 6.45) is 2.14. The molecule has 0 aromatic rings. The molecule has 2 amide bonds. The summed E-state index contributed by atoms with van der Waals surface area (Å²) in [7, 11) is 2.03. The topological polar surface area (TPSA) is 101 Å². The van der Waals surface area contributed by atoms with Gasteiger partial charge in [-0.15, -0.1) is 0 Å². The van der Waals surface area contributed by atoms with Gasteiger partial charge in [-0.3, -0.25) is 9.59 Å². The van der Waals surface area contributed by atoms with Gasteiger partial charge < -0.3 is 21.7 Å². The SMILES string of the molecule is CN1CCCC1CNC(=O)C(N)CC(N)=O. The van der Waals surface area contributed by atoms with Crippen molar-refractivity contribution >= 4 is 11.8 Å². The lowest BCUT2D eigenvalue weighted by molar-refractivity contribution is -0.126. The monoisotopic (exact) mass is 228 g/mol. The third-order valence-electron chi connectivity index (χ3n) is 2.94. The zero-order chi connectivity index (χ0) is 12.1. The van der Waals surface area contributed by atoms with Crippen LogP contribution in [0, 0.1) is 0 Å². The molecule has 0 radical (unpaired) electrons. The molecule has 92 valence electrons. The van der Waals surface area contributed by atoms with E-state index in [2.05, 4.69) is 10.2 Å². The van der Waals surface area contributed by atoms with Gasteiger partial charge in [0.05, 0.1) is 12.5 Å². The number of nitrogens with zero attached hydrogens (tertiary/aromatic N) is 1. The van der Waals surface area contributed by atoms with E-state index in [0.717, 1.165) is 19.4 Å². The molecule has 0 aromatic carbocycles. The fourth-order valence-corrected chi connectivity index (χ4v) is 1.90. The van der Waals surface area contributed by atoms with Crippen LogP contribution in [0.5, 0.6) is 0 Å². The quantitative estimate of drug-likeness (QED) is 0.527. The Labute approximate surface area is 95.3 Å². The second-order valence-corrected chi connectivity index (χ2v) is 4.30. The maximum absolute atomic E-state index is 11.5. The van der Waals surface area contributed by atoms with Gasteiger partial charge in [-0.25, -0.2) is 0 Å². The highest BCUT2D eigenvalue weighted by Gasteiger charge is 2.22. The van der Waals surface area contributed by atoms with Crippen molar-refractivity contribution < 1.29 is 9.59 Å². The van der Waals surface area contributed by atoms with Crippen molar-refractivity contribution in [2.75, 3.05) is 20.1 Å². The number of hydrogen-bond acceptors (Lipinski definition) is 4. The lowest BCUT2D eigenvalue weighted by atomic mass is 10.2. The first-order valence-electron chi connectivity index (χ1n) is 5.52. The highest BCUT2D eigenvalue weighted by atomic mass is 16.2. The normalized spacial score (nSPS) is 23.0. The van der Waals surface area contributed by atoms with Gasteiger partial charge in [-0.05, 0) is 26.4 Å². The predicted octanol–water partition coefficient (Wildman–Crippen LogP) is -1.60. The largest absolute Gasteiger partial charge is 0.370 e. The first-order valence-corrected chi connectivity index (χ1v) is 5.52. The van der Waals surface area contributed by atoms with Crippen molar-refractivity contribution in [3.05, 3.63) is 0 Å². The molecule has 0 aromatic heterocycles. The predicted molar refractivity (Wildman–Crippen MR) is 60.4 cm³/mol. The lowest BCUT2D eigenvalue weighted by Gasteiger charge is -2.20. The van der Waals surface area contributed by atoms with Gasteiger partial charge in [0.1, 0.15) is 0 Å². The molecule has 5 N–H and O–H groups in total. The minimum atomic E-state index is -0.829. The van der Waals surface area contributed by atoms with Crippen molar-refractivity contribution in [1.82, 2.24) is 10.2 Å². The van der Waals surface area contributed by atoms with Crippen LogP contribution in [0.1, 0.15) is 19.3 Å². The number of nitrogens with two attached hydrogens (primary N) is 2. The van der Waals surface area contributed by atoms with Crippen LogP contribution in [0.15, 0.2) is 0 Å². The van der Waals surface area contributed by atoms with E-state index >= 15 is 0 Å². The molecule has 6 nitrogen and oxygen atoms in total. The van der Waals surface area contributed by atoms with E-state index < -0.39 is 11.9 Å². The van der Waals surface area contributed by atoms with Crippen molar-refractivity contribution in [3.8, 4) is 0 Å². The molecule has 2 atom stereocenters. The molecule has 16 heavy (non-hydrogen) atoms. The van der Waals surface area contributed by atoms with E-state index in [1.807, 2.05) is 7.05 Å². The number of likely N-dealkylation sites (tertiary alicyclic amines) is 1.